The number of aromatic nitrogens is 1. The van der Waals surface area contributed by atoms with Crippen LogP contribution in [0.4, 0.5) is 0 Å². The van der Waals surface area contributed by atoms with Crippen molar-refractivity contribution < 1.29 is 0 Å². The minimum absolute atomic E-state index is 0.986. The summed E-state index contributed by atoms with van der Waals surface area (Å²) < 4.78 is 0. The van der Waals surface area contributed by atoms with Crippen LogP contribution in [0.1, 0.15) is 57.0 Å². The Bertz CT molecular complexity index is 343. The number of aryl methyl sites for hydroxylation is 3. The molecule has 0 atom stereocenters. The molecule has 0 spiro atoms. The fourth-order valence-corrected chi connectivity index (χ4v) is 1.81. The molecule has 0 fully saturated rings. The summed E-state index contributed by atoms with van der Waals surface area (Å²) in [7, 11) is 1.82. The zero-order valence-electron chi connectivity index (χ0n) is 12.7. The van der Waals surface area contributed by atoms with Crippen LogP contribution in [0, 0.1) is 6.92 Å². The van der Waals surface area contributed by atoms with Gasteiger partial charge in [-0.25, -0.2) is 0 Å². The van der Waals surface area contributed by atoms with Crippen molar-refractivity contribution in [2.45, 2.75) is 59.8 Å². The summed E-state index contributed by atoms with van der Waals surface area (Å²) in [6.07, 6.45) is 7.63. The van der Waals surface area contributed by atoms with Gasteiger partial charge in [-0.1, -0.05) is 27.2 Å². The lowest BCUT2D eigenvalue weighted by Crippen LogP contribution is -1.97. The van der Waals surface area contributed by atoms with Gasteiger partial charge in [0.25, 0.3) is 0 Å². The van der Waals surface area contributed by atoms with Crippen molar-refractivity contribution >= 4 is 6.21 Å². The monoisotopic (exact) mass is 248 g/mol. The zero-order valence-corrected chi connectivity index (χ0v) is 12.7. The first kappa shape index (κ1) is 16.8. The van der Waals surface area contributed by atoms with Gasteiger partial charge in [-0.15, -0.1) is 0 Å². The molecule has 0 saturated carbocycles. The van der Waals surface area contributed by atoms with Crippen LogP contribution in [0.15, 0.2) is 17.1 Å². The van der Waals surface area contributed by atoms with Crippen LogP contribution < -0.4 is 0 Å². The molecule has 0 radical (unpaired) electrons. The highest BCUT2D eigenvalue weighted by Gasteiger charge is 2.00. The molecule has 1 rings (SSSR count). The van der Waals surface area contributed by atoms with Crippen molar-refractivity contribution in [1.29, 1.82) is 0 Å². The van der Waals surface area contributed by atoms with Gasteiger partial charge >= 0.3 is 0 Å². The maximum Gasteiger partial charge on any atom is 0.0413 e. The Hall–Kier alpha value is -1.18. The normalized spacial score (nSPS) is 10.3. The van der Waals surface area contributed by atoms with E-state index in [0.29, 0.717) is 0 Å². The fraction of sp³-hybridized carbons (Fsp3) is 0.625. The fourth-order valence-electron chi connectivity index (χ4n) is 1.81. The standard InChI is InChI=1S/C14H22N2.C2H6/c1-4-5-7-13-10-12(2)16-14(11-13)8-6-9-15-3;1-2/h9-11H,4-8H2,1-3H3;1-2H3. The molecule has 1 heterocycles. The third-order valence-corrected chi connectivity index (χ3v) is 2.60. The van der Waals surface area contributed by atoms with E-state index >= 15 is 0 Å². The summed E-state index contributed by atoms with van der Waals surface area (Å²) in [6.45, 7) is 8.31. The molecule has 18 heavy (non-hydrogen) atoms. The van der Waals surface area contributed by atoms with Crippen molar-refractivity contribution in [3.8, 4) is 0 Å². The van der Waals surface area contributed by atoms with Crippen molar-refractivity contribution in [3.05, 3.63) is 29.1 Å². The number of nitrogens with zero attached hydrogens (tertiary/aromatic N) is 2. The Kier molecular flexibility index (Phi) is 10.2. The summed E-state index contributed by atoms with van der Waals surface area (Å²) in [5, 5.41) is 0. The van der Waals surface area contributed by atoms with Crippen LogP contribution in [0.5, 0.6) is 0 Å². The van der Waals surface area contributed by atoms with Crippen molar-refractivity contribution in [2.75, 3.05) is 7.05 Å². The van der Waals surface area contributed by atoms with Crippen LogP contribution in [0.3, 0.4) is 0 Å². The van der Waals surface area contributed by atoms with Gasteiger partial charge in [0.15, 0.2) is 0 Å². The molecular weight excluding hydrogens is 220 g/mol. The first-order valence-electron chi connectivity index (χ1n) is 7.13. The number of pyridine rings is 1. The summed E-state index contributed by atoms with van der Waals surface area (Å²) >= 11 is 0. The highest BCUT2D eigenvalue weighted by Crippen LogP contribution is 2.10. The average molecular weight is 248 g/mol. The third-order valence-electron chi connectivity index (χ3n) is 2.60. The van der Waals surface area contributed by atoms with Crippen LogP contribution in [-0.4, -0.2) is 18.2 Å². The molecule has 0 aliphatic heterocycles. The van der Waals surface area contributed by atoms with E-state index in [1.807, 2.05) is 27.1 Å². The minimum Gasteiger partial charge on any atom is -0.301 e. The van der Waals surface area contributed by atoms with Crippen LogP contribution in [0.25, 0.3) is 0 Å². The van der Waals surface area contributed by atoms with Gasteiger partial charge < -0.3 is 4.99 Å². The molecule has 1 aromatic heterocycles. The lowest BCUT2D eigenvalue weighted by molar-refractivity contribution is 0.789. The number of aliphatic imine (C=N–C) groups is 1. The topological polar surface area (TPSA) is 25.2 Å². The van der Waals surface area contributed by atoms with Gasteiger partial charge in [0.2, 0.25) is 0 Å². The minimum atomic E-state index is 0.986. The van der Waals surface area contributed by atoms with Crippen LogP contribution in [0.2, 0.25) is 0 Å². The second-order valence-corrected chi connectivity index (χ2v) is 4.19. The predicted octanol–water partition coefficient (Wildman–Crippen LogP) is 4.39. The van der Waals surface area contributed by atoms with Gasteiger partial charge in [0.05, 0.1) is 0 Å². The maximum atomic E-state index is 4.55. The van der Waals surface area contributed by atoms with Gasteiger partial charge in [-0.2, -0.15) is 0 Å². The smallest absolute Gasteiger partial charge is 0.0413 e. The van der Waals surface area contributed by atoms with E-state index < -0.39 is 0 Å². The Morgan fingerprint density at radius 3 is 2.56 bits per heavy atom. The van der Waals surface area contributed by atoms with Crippen molar-refractivity contribution in [2.24, 2.45) is 4.99 Å². The van der Waals surface area contributed by atoms with E-state index in [0.717, 1.165) is 18.5 Å². The molecule has 0 aliphatic rings. The molecule has 0 saturated heterocycles. The predicted molar refractivity (Wildman–Crippen MR) is 81.7 cm³/mol. The first-order chi connectivity index (χ1) is 8.76. The molecular formula is C16H28N2. The van der Waals surface area contributed by atoms with E-state index in [1.54, 1.807) is 0 Å². The quantitative estimate of drug-likeness (QED) is 0.685. The van der Waals surface area contributed by atoms with E-state index in [1.165, 1.54) is 30.5 Å². The summed E-state index contributed by atoms with van der Waals surface area (Å²) in [6, 6.07) is 4.44. The summed E-state index contributed by atoms with van der Waals surface area (Å²) in [4.78, 5) is 8.54. The molecule has 0 bridgehead atoms. The molecule has 2 heteroatoms. The third kappa shape index (κ3) is 7.21. The Morgan fingerprint density at radius 2 is 1.94 bits per heavy atom. The van der Waals surface area contributed by atoms with Crippen LogP contribution >= 0.6 is 0 Å². The Balaban J connectivity index is 0.00000137. The van der Waals surface area contributed by atoms with E-state index in [9.17, 15) is 0 Å². The largest absolute Gasteiger partial charge is 0.301 e. The second-order valence-electron chi connectivity index (χ2n) is 4.19. The van der Waals surface area contributed by atoms with Gasteiger partial charge in [0, 0.05) is 18.4 Å². The maximum absolute atomic E-state index is 4.55. The van der Waals surface area contributed by atoms with Gasteiger partial charge in [0.1, 0.15) is 0 Å². The molecule has 0 aliphatic carbocycles. The molecule has 0 unspecified atom stereocenters. The summed E-state index contributed by atoms with van der Waals surface area (Å²) in [5.74, 6) is 0. The van der Waals surface area contributed by atoms with E-state index in [-0.39, 0.29) is 0 Å². The number of hydrogen-bond donors (Lipinski definition) is 0. The molecule has 0 N–H and O–H groups in total. The van der Waals surface area contributed by atoms with Gasteiger partial charge in [-0.3, -0.25) is 4.98 Å². The van der Waals surface area contributed by atoms with Crippen molar-refractivity contribution in [3.63, 3.8) is 0 Å². The average Bonchev–Trinajstić information content (AvgIpc) is 2.38. The lowest BCUT2D eigenvalue weighted by Gasteiger charge is -2.05. The van der Waals surface area contributed by atoms with Crippen molar-refractivity contribution in [1.82, 2.24) is 4.98 Å². The van der Waals surface area contributed by atoms with E-state index in [2.05, 4.69) is 36.0 Å². The molecule has 2 nitrogen and oxygen atoms in total. The molecule has 0 aromatic carbocycles. The SMILES string of the molecule is CC.CCCCc1cc(C)nc(CCC=NC)c1. The number of hydrogen-bond acceptors (Lipinski definition) is 2. The van der Waals surface area contributed by atoms with Crippen LogP contribution in [-0.2, 0) is 12.8 Å². The highest BCUT2D eigenvalue weighted by molar-refractivity contribution is 5.57. The summed E-state index contributed by atoms with van der Waals surface area (Å²) in [5.41, 5.74) is 3.76. The Labute approximate surface area is 113 Å². The Morgan fingerprint density at radius 1 is 1.22 bits per heavy atom. The molecule has 1 aromatic rings. The first-order valence-corrected chi connectivity index (χ1v) is 7.13. The highest BCUT2D eigenvalue weighted by atomic mass is 14.7. The number of unbranched alkanes of at least 4 members (excludes halogenated alkanes) is 1. The zero-order chi connectivity index (χ0) is 13.8. The second kappa shape index (κ2) is 10.9. The van der Waals surface area contributed by atoms with E-state index in [4.69, 9.17) is 0 Å². The molecule has 0 amide bonds. The molecule has 102 valence electrons. The number of rotatable bonds is 6. The van der Waals surface area contributed by atoms with Gasteiger partial charge in [-0.05, 0) is 56.5 Å². The lowest BCUT2D eigenvalue weighted by atomic mass is 10.1.